The lowest BCUT2D eigenvalue weighted by Gasteiger charge is -2.02. The first kappa shape index (κ1) is 7.25. The second kappa shape index (κ2) is 2.57. The Morgan fingerprint density at radius 1 is 1.55 bits per heavy atom. The van der Waals surface area contributed by atoms with E-state index >= 15 is 0 Å². The van der Waals surface area contributed by atoms with E-state index in [2.05, 4.69) is 27.0 Å². The molecule has 0 spiro atoms. The minimum absolute atomic E-state index is 0.214. The molecule has 0 aromatic carbocycles. The number of nitrogens with two attached hydrogens (primary N) is 1. The Kier molecular flexibility index (Phi) is 1.69. The largest absolute Gasteiger partial charge is 0.324 e. The SMILES string of the molecule is N[C@H]1CCc2nc(Br)ccc21. The molecule has 3 heteroatoms. The molecule has 11 heavy (non-hydrogen) atoms. The summed E-state index contributed by atoms with van der Waals surface area (Å²) in [6, 6.07) is 4.22. The normalized spacial score (nSPS) is 21.8. The predicted molar refractivity (Wildman–Crippen MR) is 47.2 cm³/mol. The van der Waals surface area contributed by atoms with Crippen LogP contribution >= 0.6 is 15.9 Å². The fourth-order valence-electron chi connectivity index (χ4n) is 1.47. The zero-order valence-corrected chi connectivity index (χ0v) is 7.63. The maximum atomic E-state index is 5.84. The molecule has 58 valence electrons. The number of nitrogens with zero attached hydrogens (tertiary/aromatic N) is 1. The molecule has 2 nitrogen and oxygen atoms in total. The molecule has 1 aliphatic rings. The summed E-state index contributed by atoms with van der Waals surface area (Å²) in [5.74, 6) is 0. The molecule has 1 heterocycles. The molecule has 0 radical (unpaired) electrons. The number of rotatable bonds is 0. The van der Waals surface area contributed by atoms with Crippen LogP contribution in [0.5, 0.6) is 0 Å². The van der Waals surface area contributed by atoms with Gasteiger partial charge in [0.15, 0.2) is 0 Å². The van der Waals surface area contributed by atoms with Crippen LogP contribution in [0.2, 0.25) is 0 Å². The molecule has 0 fully saturated rings. The van der Waals surface area contributed by atoms with E-state index in [0.29, 0.717) is 0 Å². The molecule has 0 aliphatic heterocycles. The van der Waals surface area contributed by atoms with Gasteiger partial charge in [-0.2, -0.15) is 0 Å². The van der Waals surface area contributed by atoms with Gasteiger partial charge in [-0.3, -0.25) is 0 Å². The third-order valence-electron chi connectivity index (χ3n) is 2.07. The molecule has 0 unspecified atom stereocenters. The molecule has 0 saturated heterocycles. The maximum Gasteiger partial charge on any atom is 0.106 e. The summed E-state index contributed by atoms with van der Waals surface area (Å²) in [5.41, 5.74) is 8.22. The zero-order chi connectivity index (χ0) is 7.84. The van der Waals surface area contributed by atoms with Gasteiger partial charge in [0.1, 0.15) is 4.60 Å². The number of pyridine rings is 1. The first-order chi connectivity index (χ1) is 5.27. The van der Waals surface area contributed by atoms with Gasteiger partial charge in [0.25, 0.3) is 0 Å². The summed E-state index contributed by atoms with van der Waals surface area (Å²) in [4.78, 5) is 4.34. The summed E-state index contributed by atoms with van der Waals surface area (Å²) in [7, 11) is 0. The van der Waals surface area contributed by atoms with Crippen molar-refractivity contribution in [3.63, 3.8) is 0 Å². The Labute approximate surface area is 73.9 Å². The highest BCUT2D eigenvalue weighted by Gasteiger charge is 2.19. The Bertz CT molecular complexity index is 285. The van der Waals surface area contributed by atoms with Gasteiger partial charge in [-0.25, -0.2) is 4.98 Å². The number of aromatic nitrogens is 1. The Hall–Kier alpha value is -0.410. The predicted octanol–water partition coefficient (Wildman–Crippen LogP) is 1.79. The van der Waals surface area contributed by atoms with Crippen LogP contribution in [0, 0.1) is 0 Å². The molecule has 1 atom stereocenters. The van der Waals surface area contributed by atoms with Crippen molar-refractivity contribution in [2.45, 2.75) is 18.9 Å². The number of hydrogen-bond acceptors (Lipinski definition) is 2. The number of aryl methyl sites for hydroxylation is 1. The third kappa shape index (κ3) is 1.19. The quantitative estimate of drug-likeness (QED) is 0.667. The van der Waals surface area contributed by atoms with Gasteiger partial charge in [0, 0.05) is 11.7 Å². The van der Waals surface area contributed by atoms with E-state index in [4.69, 9.17) is 5.73 Å². The van der Waals surface area contributed by atoms with Gasteiger partial charge >= 0.3 is 0 Å². The van der Waals surface area contributed by atoms with Crippen molar-refractivity contribution in [1.82, 2.24) is 4.98 Å². The highest BCUT2D eigenvalue weighted by atomic mass is 79.9. The van der Waals surface area contributed by atoms with E-state index in [1.807, 2.05) is 6.07 Å². The van der Waals surface area contributed by atoms with Gasteiger partial charge in [-0.05, 0) is 40.4 Å². The summed E-state index contributed by atoms with van der Waals surface area (Å²) in [6.07, 6.45) is 2.06. The molecule has 2 N–H and O–H groups in total. The van der Waals surface area contributed by atoms with Crippen molar-refractivity contribution in [3.05, 3.63) is 28.0 Å². The van der Waals surface area contributed by atoms with Crippen LogP contribution < -0.4 is 5.73 Å². The van der Waals surface area contributed by atoms with Gasteiger partial charge in [0.05, 0.1) is 0 Å². The number of fused-ring (bicyclic) bond motifs is 1. The zero-order valence-electron chi connectivity index (χ0n) is 6.05. The molecule has 0 bridgehead atoms. The third-order valence-corrected chi connectivity index (χ3v) is 2.51. The highest BCUT2D eigenvalue weighted by molar-refractivity contribution is 9.10. The molecule has 0 saturated carbocycles. The highest BCUT2D eigenvalue weighted by Crippen LogP contribution is 2.28. The Balaban J connectivity index is 2.50. The molecule has 1 aliphatic carbocycles. The second-order valence-corrected chi connectivity index (χ2v) is 3.63. The first-order valence-corrected chi connectivity index (χ1v) is 4.47. The van der Waals surface area contributed by atoms with E-state index in [1.54, 1.807) is 0 Å². The van der Waals surface area contributed by atoms with Gasteiger partial charge in [-0.1, -0.05) is 6.07 Å². The van der Waals surface area contributed by atoms with Crippen molar-refractivity contribution in [2.24, 2.45) is 5.73 Å². The summed E-state index contributed by atoms with van der Waals surface area (Å²) in [6.45, 7) is 0. The van der Waals surface area contributed by atoms with Crippen LogP contribution in [0.3, 0.4) is 0 Å². The molecule has 2 rings (SSSR count). The lowest BCUT2D eigenvalue weighted by Crippen LogP contribution is -2.05. The monoisotopic (exact) mass is 212 g/mol. The Morgan fingerprint density at radius 2 is 2.36 bits per heavy atom. The smallest absolute Gasteiger partial charge is 0.106 e. The summed E-state index contributed by atoms with van der Waals surface area (Å²) in [5, 5.41) is 0. The number of hydrogen-bond donors (Lipinski definition) is 1. The molecular formula is C8H9BrN2. The summed E-state index contributed by atoms with van der Waals surface area (Å²) < 4.78 is 0.908. The van der Waals surface area contributed by atoms with Crippen molar-refractivity contribution in [1.29, 1.82) is 0 Å². The average molecular weight is 213 g/mol. The topological polar surface area (TPSA) is 38.9 Å². The molecule has 1 aromatic rings. The van der Waals surface area contributed by atoms with E-state index in [-0.39, 0.29) is 6.04 Å². The van der Waals surface area contributed by atoms with E-state index < -0.39 is 0 Å². The fourth-order valence-corrected chi connectivity index (χ4v) is 1.82. The van der Waals surface area contributed by atoms with Crippen molar-refractivity contribution >= 4 is 15.9 Å². The van der Waals surface area contributed by atoms with Crippen molar-refractivity contribution in [2.75, 3.05) is 0 Å². The van der Waals surface area contributed by atoms with E-state index in [1.165, 1.54) is 5.56 Å². The maximum absolute atomic E-state index is 5.84. The standard InChI is InChI=1S/C8H9BrN2/c9-8-4-1-5-6(10)2-3-7(5)11-8/h1,4,6H,2-3,10H2/t6-/m0/s1. The van der Waals surface area contributed by atoms with Crippen LogP contribution in [0.15, 0.2) is 16.7 Å². The lowest BCUT2D eigenvalue weighted by molar-refractivity contribution is 0.712. The summed E-state index contributed by atoms with van der Waals surface area (Å²) >= 11 is 3.33. The van der Waals surface area contributed by atoms with E-state index in [0.717, 1.165) is 23.1 Å². The van der Waals surface area contributed by atoms with E-state index in [9.17, 15) is 0 Å². The molecule has 1 aromatic heterocycles. The van der Waals surface area contributed by atoms with Crippen LogP contribution in [-0.4, -0.2) is 4.98 Å². The van der Waals surface area contributed by atoms with Crippen LogP contribution in [0.4, 0.5) is 0 Å². The minimum Gasteiger partial charge on any atom is -0.324 e. The second-order valence-electron chi connectivity index (χ2n) is 2.82. The average Bonchev–Trinajstić information content (AvgIpc) is 2.32. The first-order valence-electron chi connectivity index (χ1n) is 3.68. The van der Waals surface area contributed by atoms with Crippen LogP contribution in [-0.2, 0) is 6.42 Å². The fraction of sp³-hybridized carbons (Fsp3) is 0.375. The van der Waals surface area contributed by atoms with Gasteiger partial charge < -0.3 is 5.73 Å². The number of halogens is 1. The van der Waals surface area contributed by atoms with Gasteiger partial charge in [0.2, 0.25) is 0 Å². The van der Waals surface area contributed by atoms with Crippen molar-refractivity contribution in [3.8, 4) is 0 Å². The molecule has 0 amide bonds. The van der Waals surface area contributed by atoms with Gasteiger partial charge in [-0.15, -0.1) is 0 Å². The molecular weight excluding hydrogens is 204 g/mol. The van der Waals surface area contributed by atoms with Crippen LogP contribution in [0.1, 0.15) is 23.7 Å². The van der Waals surface area contributed by atoms with Crippen LogP contribution in [0.25, 0.3) is 0 Å². The minimum atomic E-state index is 0.214. The lowest BCUT2D eigenvalue weighted by atomic mass is 10.2. The van der Waals surface area contributed by atoms with Crippen molar-refractivity contribution < 1.29 is 0 Å². The Morgan fingerprint density at radius 3 is 3.18 bits per heavy atom.